The van der Waals surface area contributed by atoms with Gasteiger partial charge in [-0.15, -0.1) is 0 Å². The maximum Gasteiger partial charge on any atom is 0.176 e. The summed E-state index contributed by atoms with van der Waals surface area (Å²) in [5.41, 5.74) is 3.67. The van der Waals surface area contributed by atoms with Gasteiger partial charge in [0.15, 0.2) is 5.65 Å². The summed E-state index contributed by atoms with van der Waals surface area (Å²) in [4.78, 5) is 7.61. The molecule has 0 radical (unpaired) electrons. The van der Waals surface area contributed by atoms with Crippen molar-refractivity contribution in [2.45, 2.75) is 13.8 Å². The monoisotopic (exact) mass is 244 g/mol. The van der Waals surface area contributed by atoms with Crippen molar-refractivity contribution in [2.75, 3.05) is 0 Å². The molecule has 5 heteroatoms. The molecule has 0 amide bonds. The number of H-pyrrole nitrogens is 1. The SMILES string of the molecule is Cc1ccc(-c2nc3c(cnn3C)[nH]2)c(C)c1F. The molecule has 0 aliphatic carbocycles. The van der Waals surface area contributed by atoms with Crippen molar-refractivity contribution in [1.82, 2.24) is 19.7 Å². The number of aromatic nitrogens is 4. The molecule has 92 valence electrons. The van der Waals surface area contributed by atoms with Gasteiger partial charge in [-0.25, -0.2) is 14.1 Å². The maximum atomic E-state index is 13.9. The first-order chi connectivity index (χ1) is 8.58. The van der Waals surface area contributed by atoms with Crippen molar-refractivity contribution < 1.29 is 4.39 Å². The van der Waals surface area contributed by atoms with E-state index in [-0.39, 0.29) is 5.82 Å². The predicted molar refractivity (Wildman–Crippen MR) is 67.7 cm³/mol. The van der Waals surface area contributed by atoms with Crippen molar-refractivity contribution in [3.63, 3.8) is 0 Å². The Kier molecular flexibility index (Phi) is 2.23. The fourth-order valence-electron chi connectivity index (χ4n) is 2.12. The molecule has 0 saturated heterocycles. The maximum absolute atomic E-state index is 13.9. The van der Waals surface area contributed by atoms with Gasteiger partial charge in [0.05, 0.1) is 6.20 Å². The first-order valence-electron chi connectivity index (χ1n) is 5.71. The van der Waals surface area contributed by atoms with E-state index in [1.54, 1.807) is 30.8 Å². The van der Waals surface area contributed by atoms with E-state index in [4.69, 9.17) is 0 Å². The van der Waals surface area contributed by atoms with E-state index >= 15 is 0 Å². The highest BCUT2D eigenvalue weighted by Gasteiger charge is 2.13. The molecule has 4 nitrogen and oxygen atoms in total. The van der Waals surface area contributed by atoms with Gasteiger partial charge >= 0.3 is 0 Å². The molecule has 3 aromatic rings. The van der Waals surface area contributed by atoms with Crippen LogP contribution in [-0.2, 0) is 7.05 Å². The summed E-state index contributed by atoms with van der Waals surface area (Å²) >= 11 is 0. The highest BCUT2D eigenvalue weighted by atomic mass is 19.1. The summed E-state index contributed by atoms with van der Waals surface area (Å²) in [5.74, 6) is 0.500. The van der Waals surface area contributed by atoms with E-state index in [1.807, 2.05) is 13.1 Å². The van der Waals surface area contributed by atoms with Gasteiger partial charge in [-0.05, 0) is 25.0 Å². The standard InChI is InChI=1S/C13H13FN4/c1-7-4-5-9(8(2)11(7)14)12-16-10-6-15-18(3)13(10)17-12/h4-6H,1-3H3,(H,16,17). The molecule has 0 bridgehead atoms. The van der Waals surface area contributed by atoms with E-state index in [2.05, 4.69) is 15.1 Å². The Balaban J connectivity index is 2.23. The number of benzene rings is 1. The highest BCUT2D eigenvalue weighted by Crippen LogP contribution is 2.26. The third kappa shape index (κ3) is 1.44. The molecule has 2 aromatic heterocycles. The molecule has 3 rings (SSSR count). The number of rotatable bonds is 1. The van der Waals surface area contributed by atoms with Gasteiger partial charge in [-0.1, -0.05) is 12.1 Å². The Morgan fingerprint density at radius 1 is 1.28 bits per heavy atom. The molecule has 0 unspecified atom stereocenters. The van der Waals surface area contributed by atoms with Crippen molar-refractivity contribution in [2.24, 2.45) is 7.05 Å². The Morgan fingerprint density at radius 2 is 2.06 bits per heavy atom. The number of hydrogen-bond acceptors (Lipinski definition) is 2. The fraction of sp³-hybridized carbons (Fsp3) is 0.231. The van der Waals surface area contributed by atoms with Crippen LogP contribution in [0, 0.1) is 19.7 Å². The molecule has 0 fully saturated rings. The van der Waals surface area contributed by atoms with E-state index in [0.29, 0.717) is 17.0 Å². The molecular weight excluding hydrogens is 231 g/mol. The average molecular weight is 244 g/mol. The second kappa shape index (κ2) is 3.66. The van der Waals surface area contributed by atoms with Crippen LogP contribution < -0.4 is 0 Å². The largest absolute Gasteiger partial charge is 0.335 e. The lowest BCUT2D eigenvalue weighted by Crippen LogP contribution is -1.94. The second-order valence-corrected chi connectivity index (χ2v) is 4.46. The number of halogens is 1. The highest BCUT2D eigenvalue weighted by molar-refractivity contribution is 5.76. The first kappa shape index (κ1) is 11.0. The lowest BCUT2D eigenvalue weighted by molar-refractivity contribution is 0.610. The smallest absolute Gasteiger partial charge is 0.176 e. The Labute approximate surface area is 103 Å². The molecule has 0 aliphatic heterocycles. The van der Waals surface area contributed by atoms with Gasteiger partial charge in [0, 0.05) is 12.6 Å². The molecule has 0 saturated carbocycles. The van der Waals surface area contributed by atoms with Crippen LogP contribution in [0.3, 0.4) is 0 Å². The Bertz CT molecular complexity index is 739. The van der Waals surface area contributed by atoms with Crippen molar-refractivity contribution in [3.8, 4) is 11.4 Å². The number of aromatic amines is 1. The lowest BCUT2D eigenvalue weighted by atomic mass is 10.0. The van der Waals surface area contributed by atoms with Crippen LogP contribution in [0.4, 0.5) is 4.39 Å². The molecule has 0 atom stereocenters. The molecule has 1 N–H and O–H groups in total. The van der Waals surface area contributed by atoms with Crippen LogP contribution in [0.1, 0.15) is 11.1 Å². The number of hydrogen-bond donors (Lipinski definition) is 1. The summed E-state index contributed by atoms with van der Waals surface area (Å²) in [6.45, 7) is 3.53. The molecular formula is C13H13FN4. The number of nitrogens with zero attached hydrogens (tertiary/aromatic N) is 3. The molecule has 0 aliphatic rings. The third-order valence-electron chi connectivity index (χ3n) is 3.21. The molecule has 2 heterocycles. The summed E-state index contributed by atoms with van der Waals surface area (Å²) in [6, 6.07) is 3.65. The van der Waals surface area contributed by atoms with Crippen molar-refractivity contribution in [1.29, 1.82) is 0 Å². The predicted octanol–water partition coefficient (Wildman–Crippen LogP) is 2.72. The van der Waals surface area contributed by atoms with Crippen LogP contribution in [0.5, 0.6) is 0 Å². The summed E-state index contributed by atoms with van der Waals surface area (Å²) in [6.07, 6.45) is 1.71. The Hall–Kier alpha value is -2.17. The number of fused-ring (bicyclic) bond motifs is 1. The zero-order chi connectivity index (χ0) is 12.9. The zero-order valence-corrected chi connectivity index (χ0v) is 10.5. The van der Waals surface area contributed by atoms with Crippen molar-refractivity contribution in [3.05, 3.63) is 35.3 Å². The number of imidazole rings is 1. The summed E-state index contributed by atoms with van der Waals surface area (Å²) in [5, 5.41) is 4.09. The molecule has 1 aromatic carbocycles. The summed E-state index contributed by atoms with van der Waals surface area (Å²) in [7, 11) is 1.83. The number of nitrogens with one attached hydrogen (secondary N) is 1. The van der Waals surface area contributed by atoms with E-state index < -0.39 is 0 Å². The van der Waals surface area contributed by atoms with Crippen LogP contribution in [0.25, 0.3) is 22.6 Å². The minimum absolute atomic E-state index is 0.175. The number of aryl methyl sites for hydroxylation is 2. The fourth-order valence-corrected chi connectivity index (χ4v) is 2.12. The Morgan fingerprint density at radius 3 is 2.78 bits per heavy atom. The van der Waals surface area contributed by atoms with E-state index in [1.165, 1.54) is 0 Å². The topological polar surface area (TPSA) is 46.5 Å². The van der Waals surface area contributed by atoms with Gasteiger partial charge in [0.25, 0.3) is 0 Å². The summed E-state index contributed by atoms with van der Waals surface area (Å²) < 4.78 is 15.6. The minimum atomic E-state index is -0.175. The van der Waals surface area contributed by atoms with Gasteiger partial charge in [0.2, 0.25) is 0 Å². The minimum Gasteiger partial charge on any atom is -0.335 e. The molecule has 0 spiro atoms. The lowest BCUT2D eigenvalue weighted by Gasteiger charge is -2.06. The first-order valence-corrected chi connectivity index (χ1v) is 5.71. The van der Waals surface area contributed by atoms with Gasteiger partial charge in [0.1, 0.15) is 17.2 Å². The normalized spacial score (nSPS) is 11.3. The van der Waals surface area contributed by atoms with Crippen molar-refractivity contribution >= 4 is 11.2 Å². The van der Waals surface area contributed by atoms with Crippen LogP contribution in [0.2, 0.25) is 0 Å². The van der Waals surface area contributed by atoms with Crippen LogP contribution in [0.15, 0.2) is 18.3 Å². The van der Waals surface area contributed by atoms with Crippen LogP contribution in [-0.4, -0.2) is 19.7 Å². The van der Waals surface area contributed by atoms with Gasteiger partial charge < -0.3 is 4.98 Å². The molecule has 18 heavy (non-hydrogen) atoms. The van der Waals surface area contributed by atoms with Gasteiger partial charge in [-0.2, -0.15) is 5.10 Å². The quantitative estimate of drug-likeness (QED) is 0.715. The van der Waals surface area contributed by atoms with E-state index in [9.17, 15) is 4.39 Å². The zero-order valence-electron chi connectivity index (χ0n) is 10.5. The van der Waals surface area contributed by atoms with E-state index in [0.717, 1.165) is 16.7 Å². The third-order valence-corrected chi connectivity index (χ3v) is 3.21. The average Bonchev–Trinajstić information content (AvgIpc) is 2.89. The van der Waals surface area contributed by atoms with Crippen LogP contribution >= 0.6 is 0 Å². The van der Waals surface area contributed by atoms with Gasteiger partial charge in [-0.3, -0.25) is 0 Å². The second-order valence-electron chi connectivity index (χ2n) is 4.46.